The summed E-state index contributed by atoms with van der Waals surface area (Å²) in [5, 5.41) is 9.33. The summed E-state index contributed by atoms with van der Waals surface area (Å²) in [6.45, 7) is 2.52. The van der Waals surface area contributed by atoms with Gasteiger partial charge in [0, 0.05) is 12.6 Å². The van der Waals surface area contributed by atoms with Gasteiger partial charge in [-0.1, -0.05) is 12.8 Å². The van der Waals surface area contributed by atoms with Crippen molar-refractivity contribution in [2.24, 2.45) is 0 Å². The van der Waals surface area contributed by atoms with Gasteiger partial charge in [0.2, 0.25) is 0 Å². The summed E-state index contributed by atoms with van der Waals surface area (Å²) in [5.74, 6) is 0. The summed E-state index contributed by atoms with van der Waals surface area (Å²) >= 11 is 0. The van der Waals surface area contributed by atoms with Crippen molar-refractivity contribution in [2.75, 3.05) is 19.7 Å². The Labute approximate surface area is 104 Å². The topological polar surface area (TPSA) is 32.7 Å². The lowest BCUT2D eigenvalue weighted by Crippen LogP contribution is -2.39. The van der Waals surface area contributed by atoms with Gasteiger partial charge < -0.3 is 9.84 Å². The lowest BCUT2D eigenvalue weighted by molar-refractivity contribution is -0.0499. The highest BCUT2D eigenvalue weighted by Gasteiger charge is 2.43. The third-order valence-electron chi connectivity index (χ3n) is 5.00. The zero-order valence-electron chi connectivity index (χ0n) is 10.7. The van der Waals surface area contributed by atoms with Crippen molar-refractivity contribution >= 4 is 0 Å². The average molecular weight is 239 g/mol. The summed E-state index contributed by atoms with van der Waals surface area (Å²) in [6, 6.07) is 0.402. The first-order valence-electron chi connectivity index (χ1n) is 7.34. The van der Waals surface area contributed by atoms with Crippen LogP contribution in [0.3, 0.4) is 0 Å². The Morgan fingerprint density at radius 2 is 1.94 bits per heavy atom. The second kappa shape index (κ2) is 4.87. The first-order valence-corrected chi connectivity index (χ1v) is 7.34. The Balaban J connectivity index is 1.53. The van der Waals surface area contributed by atoms with Crippen molar-refractivity contribution in [3.8, 4) is 0 Å². The Kier molecular flexibility index (Phi) is 3.42. The maximum Gasteiger partial charge on any atom is 0.0710 e. The highest BCUT2D eigenvalue weighted by Crippen LogP contribution is 2.43. The molecule has 3 nitrogen and oxygen atoms in total. The number of likely N-dealkylation sites (tertiary alicyclic amines) is 1. The normalized spacial score (nSPS) is 37.2. The minimum Gasteiger partial charge on any atom is -0.395 e. The smallest absolute Gasteiger partial charge is 0.0710 e. The molecule has 2 atom stereocenters. The summed E-state index contributed by atoms with van der Waals surface area (Å²) in [6.07, 6.45) is 10.6. The number of hydrogen-bond acceptors (Lipinski definition) is 3. The van der Waals surface area contributed by atoms with E-state index in [1.807, 2.05) is 0 Å². The average Bonchev–Trinajstić information content (AvgIpc) is 3.03. The van der Waals surface area contributed by atoms with Crippen molar-refractivity contribution in [3.05, 3.63) is 0 Å². The van der Waals surface area contributed by atoms with E-state index < -0.39 is 0 Å². The third kappa shape index (κ3) is 2.38. The predicted octanol–water partition coefficient (Wildman–Crippen LogP) is 1.93. The molecule has 17 heavy (non-hydrogen) atoms. The molecule has 0 amide bonds. The molecular weight excluding hydrogens is 214 g/mol. The van der Waals surface area contributed by atoms with E-state index in [2.05, 4.69) is 4.90 Å². The molecule has 2 unspecified atom stereocenters. The number of aliphatic hydroxyl groups is 1. The van der Waals surface area contributed by atoms with Crippen LogP contribution < -0.4 is 0 Å². The molecule has 0 radical (unpaired) electrons. The third-order valence-corrected chi connectivity index (χ3v) is 5.00. The zero-order valence-corrected chi connectivity index (χ0v) is 10.7. The van der Waals surface area contributed by atoms with Gasteiger partial charge >= 0.3 is 0 Å². The van der Waals surface area contributed by atoms with Crippen LogP contribution in [0.25, 0.3) is 0 Å². The van der Waals surface area contributed by atoms with Crippen molar-refractivity contribution < 1.29 is 9.84 Å². The van der Waals surface area contributed by atoms with E-state index in [0.29, 0.717) is 18.8 Å². The fraction of sp³-hybridized carbons (Fsp3) is 1.00. The summed E-state index contributed by atoms with van der Waals surface area (Å²) in [5.41, 5.74) is 0.263. The van der Waals surface area contributed by atoms with E-state index in [0.717, 1.165) is 19.5 Å². The van der Waals surface area contributed by atoms with Gasteiger partial charge in [-0.3, -0.25) is 4.90 Å². The SMILES string of the molecule is OCC1CCCN1CC1CCC2(CCCC2)O1. The molecule has 1 spiro atoms. The van der Waals surface area contributed by atoms with Gasteiger partial charge in [0.1, 0.15) is 0 Å². The van der Waals surface area contributed by atoms with E-state index in [9.17, 15) is 5.11 Å². The fourth-order valence-electron chi connectivity index (χ4n) is 4.02. The lowest BCUT2D eigenvalue weighted by atomic mass is 9.98. The van der Waals surface area contributed by atoms with Gasteiger partial charge in [0.05, 0.1) is 18.3 Å². The van der Waals surface area contributed by atoms with Crippen LogP contribution in [0.1, 0.15) is 51.4 Å². The van der Waals surface area contributed by atoms with Crippen molar-refractivity contribution in [2.45, 2.75) is 69.1 Å². The van der Waals surface area contributed by atoms with Crippen LogP contribution in [0, 0.1) is 0 Å². The Morgan fingerprint density at radius 1 is 1.12 bits per heavy atom. The summed E-state index contributed by atoms with van der Waals surface area (Å²) < 4.78 is 6.34. The minimum atomic E-state index is 0.263. The molecule has 3 heteroatoms. The summed E-state index contributed by atoms with van der Waals surface area (Å²) in [7, 11) is 0. The van der Waals surface area contributed by atoms with Gasteiger partial charge in [-0.05, 0) is 45.1 Å². The molecule has 1 saturated carbocycles. The largest absolute Gasteiger partial charge is 0.395 e. The molecule has 1 N–H and O–H groups in total. The van der Waals surface area contributed by atoms with E-state index in [1.165, 1.54) is 44.9 Å². The molecule has 0 bridgehead atoms. The Bertz CT molecular complexity index is 263. The molecule has 3 rings (SSSR count). The Morgan fingerprint density at radius 3 is 2.71 bits per heavy atom. The van der Waals surface area contributed by atoms with Gasteiger partial charge in [-0.25, -0.2) is 0 Å². The lowest BCUT2D eigenvalue weighted by Gasteiger charge is -2.28. The van der Waals surface area contributed by atoms with Crippen LogP contribution in [0.15, 0.2) is 0 Å². The first kappa shape index (κ1) is 11.9. The van der Waals surface area contributed by atoms with E-state index in [4.69, 9.17) is 4.74 Å². The van der Waals surface area contributed by atoms with Crippen LogP contribution in [0.4, 0.5) is 0 Å². The van der Waals surface area contributed by atoms with Crippen LogP contribution in [0.5, 0.6) is 0 Å². The standard InChI is InChI=1S/C14H25NO2/c16-11-12-4-3-9-15(12)10-13-5-8-14(17-13)6-1-2-7-14/h12-13,16H,1-11H2. The minimum absolute atomic E-state index is 0.263. The van der Waals surface area contributed by atoms with E-state index in [1.54, 1.807) is 0 Å². The monoisotopic (exact) mass is 239 g/mol. The predicted molar refractivity (Wildman–Crippen MR) is 67.0 cm³/mol. The molecule has 2 aliphatic heterocycles. The number of nitrogens with zero attached hydrogens (tertiary/aromatic N) is 1. The maximum absolute atomic E-state index is 9.33. The number of aliphatic hydroxyl groups excluding tert-OH is 1. The zero-order chi connectivity index (χ0) is 11.7. The molecule has 3 fully saturated rings. The van der Waals surface area contributed by atoms with Gasteiger partial charge in [-0.15, -0.1) is 0 Å². The van der Waals surface area contributed by atoms with Crippen LogP contribution in [-0.4, -0.2) is 47.4 Å². The summed E-state index contributed by atoms with van der Waals surface area (Å²) in [4.78, 5) is 2.44. The molecule has 1 aliphatic carbocycles. The quantitative estimate of drug-likeness (QED) is 0.817. The molecule has 2 heterocycles. The van der Waals surface area contributed by atoms with Crippen LogP contribution in [-0.2, 0) is 4.74 Å². The number of hydrogen-bond donors (Lipinski definition) is 1. The van der Waals surface area contributed by atoms with Crippen LogP contribution in [0.2, 0.25) is 0 Å². The van der Waals surface area contributed by atoms with Gasteiger partial charge in [-0.2, -0.15) is 0 Å². The molecule has 2 saturated heterocycles. The second-order valence-electron chi connectivity index (χ2n) is 6.14. The van der Waals surface area contributed by atoms with Crippen molar-refractivity contribution in [3.63, 3.8) is 0 Å². The highest BCUT2D eigenvalue weighted by molar-refractivity contribution is 4.94. The van der Waals surface area contributed by atoms with Gasteiger partial charge in [0.15, 0.2) is 0 Å². The molecule has 0 aromatic carbocycles. The molecular formula is C14H25NO2. The number of ether oxygens (including phenoxy) is 1. The first-order chi connectivity index (χ1) is 8.31. The second-order valence-corrected chi connectivity index (χ2v) is 6.14. The molecule has 98 valence electrons. The van der Waals surface area contributed by atoms with Crippen molar-refractivity contribution in [1.29, 1.82) is 0 Å². The molecule has 0 aromatic heterocycles. The van der Waals surface area contributed by atoms with E-state index >= 15 is 0 Å². The highest BCUT2D eigenvalue weighted by atomic mass is 16.5. The fourth-order valence-corrected chi connectivity index (χ4v) is 4.02. The van der Waals surface area contributed by atoms with Crippen LogP contribution >= 0.6 is 0 Å². The van der Waals surface area contributed by atoms with Crippen molar-refractivity contribution in [1.82, 2.24) is 4.90 Å². The van der Waals surface area contributed by atoms with Gasteiger partial charge in [0.25, 0.3) is 0 Å². The number of rotatable bonds is 3. The maximum atomic E-state index is 9.33. The van der Waals surface area contributed by atoms with E-state index in [-0.39, 0.29) is 5.60 Å². The Hall–Kier alpha value is -0.120. The molecule has 0 aromatic rings. The molecule has 3 aliphatic rings.